The molecule has 2 aromatic heterocycles. The normalized spacial score (nSPS) is 16.3. The van der Waals surface area contributed by atoms with Gasteiger partial charge in [0.2, 0.25) is 5.91 Å². The van der Waals surface area contributed by atoms with E-state index < -0.39 is 0 Å². The number of fused-ring (bicyclic) bond motifs is 1. The fourth-order valence-corrected chi connectivity index (χ4v) is 3.98. The molecular weight excluding hydrogens is 392 g/mol. The van der Waals surface area contributed by atoms with Crippen LogP contribution in [0.2, 0.25) is 0 Å². The Kier molecular flexibility index (Phi) is 5.34. The van der Waals surface area contributed by atoms with Gasteiger partial charge in [-0.3, -0.25) is 14.9 Å². The minimum Gasteiger partial charge on any atom is -0.492 e. The topological polar surface area (TPSA) is 102 Å². The maximum Gasteiger partial charge on any atom is 0.286 e. The van der Waals surface area contributed by atoms with E-state index in [1.54, 1.807) is 6.33 Å². The third kappa shape index (κ3) is 4.16. The van der Waals surface area contributed by atoms with Gasteiger partial charge in [-0.15, -0.1) is 0 Å². The second-order valence-electron chi connectivity index (χ2n) is 6.73. The molecule has 10 heteroatoms. The van der Waals surface area contributed by atoms with Gasteiger partial charge in [0.25, 0.3) is 5.24 Å². The van der Waals surface area contributed by atoms with Crippen LogP contribution in [0.4, 0.5) is 10.6 Å². The molecule has 0 bridgehead atoms. The van der Waals surface area contributed by atoms with Gasteiger partial charge in [0, 0.05) is 14.1 Å². The van der Waals surface area contributed by atoms with Gasteiger partial charge in [-0.25, -0.2) is 15.0 Å². The molecule has 150 valence electrons. The van der Waals surface area contributed by atoms with E-state index in [-0.39, 0.29) is 16.4 Å². The molecule has 2 amide bonds. The highest BCUT2D eigenvalue weighted by molar-refractivity contribution is 8.15. The van der Waals surface area contributed by atoms with Gasteiger partial charge in [-0.05, 0) is 24.1 Å². The molecule has 29 heavy (non-hydrogen) atoms. The average molecular weight is 412 g/mol. The zero-order valence-electron chi connectivity index (χ0n) is 16.0. The number of amides is 2. The lowest BCUT2D eigenvalue weighted by atomic mass is 10.1. The summed E-state index contributed by atoms with van der Waals surface area (Å²) < 4.78 is 7.74. The Balaban J connectivity index is 1.32. The fraction of sp³-hybridized carbons (Fsp3) is 0.316. The van der Waals surface area contributed by atoms with Gasteiger partial charge in [-0.1, -0.05) is 23.9 Å². The van der Waals surface area contributed by atoms with Crippen LogP contribution in [0.15, 0.2) is 36.9 Å². The summed E-state index contributed by atoms with van der Waals surface area (Å²) >= 11 is 1.04. The van der Waals surface area contributed by atoms with Crippen molar-refractivity contribution in [2.24, 2.45) is 7.05 Å². The summed E-state index contributed by atoms with van der Waals surface area (Å²) in [5.74, 6) is 1.32. The van der Waals surface area contributed by atoms with Crippen LogP contribution in [0.25, 0.3) is 11.2 Å². The third-order valence-electron chi connectivity index (χ3n) is 4.66. The van der Waals surface area contributed by atoms with E-state index in [1.165, 1.54) is 6.33 Å². The van der Waals surface area contributed by atoms with Gasteiger partial charge in [-0.2, -0.15) is 0 Å². The van der Waals surface area contributed by atoms with Crippen LogP contribution in [0, 0.1) is 0 Å². The number of likely N-dealkylation sites (N-methyl/N-ethyl adjacent to an activating group) is 1. The molecule has 0 aliphatic carbocycles. The number of imidazole rings is 1. The fourth-order valence-electron chi connectivity index (χ4n) is 3.12. The summed E-state index contributed by atoms with van der Waals surface area (Å²) in [7, 11) is 3.87. The first kappa shape index (κ1) is 19.2. The molecule has 1 N–H and O–H groups in total. The van der Waals surface area contributed by atoms with Crippen LogP contribution in [0.1, 0.15) is 5.56 Å². The summed E-state index contributed by atoms with van der Waals surface area (Å²) in [6.45, 7) is 1.12. The summed E-state index contributed by atoms with van der Waals surface area (Å²) in [6, 6.07) is 7.58. The molecule has 3 heterocycles. The molecule has 4 rings (SSSR count). The van der Waals surface area contributed by atoms with E-state index >= 15 is 0 Å². The van der Waals surface area contributed by atoms with Crippen molar-refractivity contribution < 1.29 is 14.3 Å². The largest absolute Gasteiger partial charge is 0.492 e. The Bertz CT molecular complexity index is 1050. The average Bonchev–Trinajstić information content (AvgIpc) is 3.24. The van der Waals surface area contributed by atoms with Crippen molar-refractivity contribution in [3.63, 3.8) is 0 Å². The summed E-state index contributed by atoms with van der Waals surface area (Å²) in [5, 5.41) is 1.66. The molecule has 1 fully saturated rings. The van der Waals surface area contributed by atoms with Gasteiger partial charge in [0.1, 0.15) is 24.2 Å². The number of aromatic nitrogens is 4. The molecule has 9 nitrogen and oxygen atoms in total. The minimum atomic E-state index is -0.361. The van der Waals surface area contributed by atoms with E-state index in [2.05, 4.69) is 20.3 Å². The van der Waals surface area contributed by atoms with Crippen LogP contribution in [-0.2, 0) is 18.3 Å². The molecule has 1 aromatic carbocycles. The number of anilines is 1. The maximum absolute atomic E-state index is 11.7. The zero-order valence-corrected chi connectivity index (χ0v) is 16.8. The number of ether oxygens (including phenoxy) is 1. The molecule has 3 aromatic rings. The monoisotopic (exact) mass is 412 g/mol. The number of aryl methyl sites for hydroxylation is 1. The Morgan fingerprint density at radius 2 is 2.00 bits per heavy atom. The van der Waals surface area contributed by atoms with E-state index in [1.807, 2.05) is 47.8 Å². The Labute approximate surface area is 171 Å². The van der Waals surface area contributed by atoms with E-state index in [4.69, 9.17) is 4.74 Å². The smallest absolute Gasteiger partial charge is 0.286 e. The maximum atomic E-state index is 11.7. The van der Waals surface area contributed by atoms with Crippen LogP contribution >= 0.6 is 11.8 Å². The molecular formula is C19H20N6O3S. The van der Waals surface area contributed by atoms with Crippen molar-refractivity contribution in [2.75, 3.05) is 25.1 Å². The number of carbonyl (C=O) groups excluding carboxylic acids is 2. The van der Waals surface area contributed by atoms with E-state index in [0.717, 1.165) is 34.4 Å². The number of nitrogens with one attached hydrogen (secondary N) is 1. The zero-order chi connectivity index (χ0) is 20.4. The first-order valence-electron chi connectivity index (χ1n) is 9.07. The number of benzene rings is 1. The van der Waals surface area contributed by atoms with Crippen LogP contribution in [-0.4, -0.2) is 56.1 Å². The first-order chi connectivity index (χ1) is 14.0. The number of hydrogen-bond acceptors (Lipinski definition) is 8. The number of hydrogen-bond donors (Lipinski definition) is 1. The number of rotatable bonds is 7. The predicted octanol–water partition coefficient (Wildman–Crippen LogP) is 1.77. The molecule has 1 atom stereocenters. The van der Waals surface area contributed by atoms with Gasteiger partial charge >= 0.3 is 0 Å². The highest BCUT2D eigenvalue weighted by Crippen LogP contribution is 2.24. The van der Waals surface area contributed by atoms with Gasteiger partial charge in [0.15, 0.2) is 11.5 Å². The molecule has 1 unspecified atom stereocenters. The first-order valence-corrected chi connectivity index (χ1v) is 9.95. The predicted molar refractivity (Wildman–Crippen MR) is 110 cm³/mol. The van der Waals surface area contributed by atoms with Crippen molar-refractivity contribution in [1.29, 1.82) is 0 Å². The molecule has 1 aliphatic heterocycles. The Morgan fingerprint density at radius 1 is 1.21 bits per heavy atom. The van der Waals surface area contributed by atoms with E-state index in [0.29, 0.717) is 25.2 Å². The second-order valence-corrected chi connectivity index (χ2v) is 7.90. The van der Waals surface area contributed by atoms with Crippen LogP contribution in [0.5, 0.6) is 5.75 Å². The van der Waals surface area contributed by atoms with Crippen molar-refractivity contribution in [1.82, 2.24) is 24.8 Å². The van der Waals surface area contributed by atoms with Crippen LogP contribution < -0.4 is 15.0 Å². The lowest BCUT2D eigenvalue weighted by Crippen LogP contribution is -2.25. The SMILES string of the molecule is CN(CCOc1ccc(CC2SC(=O)NC2=O)cc1)c1ncnc2ncn(C)c12. The Morgan fingerprint density at radius 3 is 2.72 bits per heavy atom. The lowest BCUT2D eigenvalue weighted by Gasteiger charge is -2.19. The summed E-state index contributed by atoms with van der Waals surface area (Å²) in [6.07, 6.45) is 3.75. The van der Waals surface area contributed by atoms with Crippen molar-refractivity contribution in [2.45, 2.75) is 11.7 Å². The molecule has 0 spiro atoms. The third-order valence-corrected chi connectivity index (χ3v) is 5.64. The lowest BCUT2D eigenvalue weighted by molar-refractivity contribution is -0.118. The number of thioether (sulfide) groups is 1. The molecule has 1 aliphatic rings. The Hall–Kier alpha value is -3.14. The highest BCUT2D eigenvalue weighted by Gasteiger charge is 2.31. The molecule has 1 saturated heterocycles. The molecule has 0 saturated carbocycles. The number of imide groups is 1. The van der Waals surface area contributed by atoms with E-state index in [9.17, 15) is 9.59 Å². The van der Waals surface area contributed by atoms with Gasteiger partial charge in [0.05, 0.1) is 18.1 Å². The number of nitrogens with zero attached hydrogens (tertiary/aromatic N) is 5. The standard InChI is InChI=1S/C19H20N6O3S/c1-24(17-15-16(20-10-21-17)22-11-25(15)2)7-8-28-13-5-3-12(4-6-13)9-14-18(26)23-19(27)29-14/h3-6,10-11,14H,7-9H2,1-2H3,(H,23,26,27). The second kappa shape index (κ2) is 8.08. The van der Waals surface area contributed by atoms with Gasteiger partial charge < -0.3 is 14.2 Å². The summed E-state index contributed by atoms with van der Waals surface area (Å²) in [5.41, 5.74) is 2.53. The van der Waals surface area contributed by atoms with Crippen molar-refractivity contribution in [3.8, 4) is 5.75 Å². The van der Waals surface area contributed by atoms with Crippen molar-refractivity contribution in [3.05, 3.63) is 42.5 Å². The number of carbonyl (C=O) groups is 2. The molecule has 0 radical (unpaired) electrons. The summed E-state index contributed by atoms with van der Waals surface area (Å²) in [4.78, 5) is 37.7. The van der Waals surface area contributed by atoms with Crippen LogP contribution in [0.3, 0.4) is 0 Å². The quantitative estimate of drug-likeness (QED) is 0.626. The highest BCUT2D eigenvalue weighted by atomic mass is 32.2. The minimum absolute atomic E-state index is 0.226. The van der Waals surface area contributed by atoms with Crippen molar-refractivity contribution >= 4 is 39.9 Å².